The normalized spacial score (nSPS) is 11.8. The molecule has 0 aliphatic rings. The molecule has 158 valence electrons. The van der Waals surface area contributed by atoms with Crippen molar-refractivity contribution in [1.29, 1.82) is 0 Å². The Morgan fingerprint density at radius 3 is 2.57 bits per heavy atom. The predicted octanol–water partition coefficient (Wildman–Crippen LogP) is 4.58. The van der Waals surface area contributed by atoms with Gasteiger partial charge < -0.3 is 10.2 Å². The fraction of sp³-hybridized carbons (Fsp3) is 0.348. The summed E-state index contributed by atoms with van der Waals surface area (Å²) in [5, 5.41) is 3.79. The first kappa shape index (κ1) is 21.9. The van der Waals surface area contributed by atoms with Crippen LogP contribution < -0.4 is 10.2 Å². The van der Waals surface area contributed by atoms with Gasteiger partial charge in [0, 0.05) is 43.5 Å². The Morgan fingerprint density at radius 1 is 1.13 bits per heavy atom. The van der Waals surface area contributed by atoms with Crippen LogP contribution in [0.5, 0.6) is 0 Å². The number of anilines is 1. The number of nitrogens with zero attached hydrogens (tertiary/aromatic N) is 3. The summed E-state index contributed by atoms with van der Waals surface area (Å²) in [6.07, 6.45) is 1.89. The molecular weight excluding hydrogens is 399 g/mol. The Balaban J connectivity index is 1.58. The number of carbonyl (C=O) groups is 1. The number of benzene rings is 2. The third-order valence-electron chi connectivity index (χ3n) is 5.01. The molecule has 0 bridgehead atoms. The van der Waals surface area contributed by atoms with E-state index >= 15 is 0 Å². The molecular formula is C23H27FN4OS. The molecule has 2 aromatic carbocycles. The Kier molecular flexibility index (Phi) is 7.90. The lowest BCUT2D eigenvalue weighted by atomic mass is 10.1. The lowest BCUT2D eigenvalue weighted by Gasteiger charge is -2.27. The van der Waals surface area contributed by atoms with Crippen LogP contribution in [0, 0.1) is 5.82 Å². The van der Waals surface area contributed by atoms with Crippen molar-refractivity contribution in [3.05, 3.63) is 77.4 Å². The molecule has 0 fully saturated rings. The van der Waals surface area contributed by atoms with E-state index < -0.39 is 0 Å². The van der Waals surface area contributed by atoms with Crippen LogP contribution in [0.3, 0.4) is 0 Å². The molecule has 7 heteroatoms. The highest BCUT2D eigenvalue weighted by molar-refractivity contribution is 7.09. The van der Waals surface area contributed by atoms with Crippen LogP contribution in [-0.2, 0) is 17.8 Å². The van der Waals surface area contributed by atoms with Gasteiger partial charge in [-0.1, -0.05) is 49.4 Å². The van der Waals surface area contributed by atoms with Crippen LogP contribution in [0.25, 0.3) is 0 Å². The fourth-order valence-corrected chi connectivity index (χ4v) is 3.86. The van der Waals surface area contributed by atoms with Crippen LogP contribution in [0.1, 0.15) is 43.6 Å². The van der Waals surface area contributed by atoms with Crippen LogP contribution in [0.4, 0.5) is 9.52 Å². The van der Waals surface area contributed by atoms with E-state index in [2.05, 4.69) is 33.4 Å². The third-order valence-corrected chi connectivity index (χ3v) is 5.80. The number of rotatable bonds is 10. The lowest BCUT2D eigenvalue weighted by molar-refractivity contribution is -0.121. The summed E-state index contributed by atoms with van der Waals surface area (Å²) in [4.78, 5) is 19.2. The smallest absolute Gasteiger partial charge is 0.222 e. The van der Waals surface area contributed by atoms with Gasteiger partial charge in [0.2, 0.25) is 11.0 Å². The van der Waals surface area contributed by atoms with Crippen molar-refractivity contribution in [2.24, 2.45) is 0 Å². The van der Waals surface area contributed by atoms with Crippen molar-refractivity contribution in [1.82, 2.24) is 14.7 Å². The van der Waals surface area contributed by atoms with Crippen LogP contribution in [0.15, 0.2) is 54.6 Å². The summed E-state index contributed by atoms with van der Waals surface area (Å²) in [6.45, 7) is 5.36. The summed E-state index contributed by atoms with van der Waals surface area (Å²) in [5.74, 6) is 0.478. The standard InChI is InChI=1S/C23H27FN4OS/c1-3-17(2)28(14-13-22(29)25-16-19-7-5-4-6-8-19)23-26-21(27-30-23)15-18-9-11-20(24)12-10-18/h4-12,17H,3,13-16H2,1-2H3,(H,25,29). The van der Waals surface area contributed by atoms with Crippen LogP contribution in [-0.4, -0.2) is 27.9 Å². The molecule has 0 aliphatic heterocycles. The van der Waals surface area contributed by atoms with E-state index in [-0.39, 0.29) is 17.8 Å². The van der Waals surface area contributed by atoms with Gasteiger partial charge in [-0.05, 0) is 36.6 Å². The average molecular weight is 427 g/mol. The number of carbonyl (C=O) groups excluding carboxylic acids is 1. The Labute approximate surface area is 181 Å². The molecule has 1 atom stereocenters. The number of aromatic nitrogens is 2. The number of amides is 1. The van der Waals surface area contributed by atoms with Crippen molar-refractivity contribution in [3.8, 4) is 0 Å². The second-order valence-corrected chi connectivity index (χ2v) is 7.99. The molecule has 0 saturated heterocycles. The van der Waals surface area contributed by atoms with E-state index in [9.17, 15) is 9.18 Å². The summed E-state index contributed by atoms with van der Waals surface area (Å²) >= 11 is 1.34. The maximum Gasteiger partial charge on any atom is 0.222 e. The van der Waals surface area contributed by atoms with Crippen molar-refractivity contribution >= 4 is 22.6 Å². The maximum atomic E-state index is 13.1. The quantitative estimate of drug-likeness (QED) is 0.516. The number of nitrogens with one attached hydrogen (secondary N) is 1. The van der Waals surface area contributed by atoms with Gasteiger partial charge in [0.25, 0.3) is 0 Å². The molecule has 3 aromatic rings. The highest BCUT2D eigenvalue weighted by Crippen LogP contribution is 2.22. The summed E-state index contributed by atoms with van der Waals surface area (Å²) in [7, 11) is 0. The van der Waals surface area contributed by atoms with Crippen molar-refractivity contribution in [3.63, 3.8) is 0 Å². The van der Waals surface area contributed by atoms with Gasteiger partial charge in [0.1, 0.15) is 11.6 Å². The Bertz CT molecular complexity index is 930. The van der Waals surface area contributed by atoms with Crippen molar-refractivity contribution < 1.29 is 9.18 Å². The van der Waals surface area contributed by atoms with E-state index in [0.717, 1.165) is 22.7 Å². The fourth-order valence-electron chi connectivity index (χ4n) is 3.05. The second kappa shape index (κ2) is 10.8. The van der Waals surface area contributed by atoms with E-state index in [1.54, 1.807) is 12.1 Å². The molecule has 0 saturated carbocycles. The van der Waals surface area contributed by atoms with Gasteiger partial charge in [-0.3, -0.25) is 4.79 Å². The highest BCUT2D eigenvalue weighted by Gasteiger charge is 2.19. The first-order valence-electron chi connectivity index (χ1n) is 10.2. The van der Waals surface area contributed by atoms with Gasteiger partial charge in [0.15, 0.2) is 0 Å². The van der Waals surface area contributed by atoms with Gasteiger partial charge >= 0.3 is 0 Å². The molecule has 1 amide bonds. The number of halogens is 1. The summed E-state index contributed by atoms with van der Waals surface area (Å²) < 4.78 is 17.6. The molecule has 0 spiro atoms. The minimum Gasteiger partial charge on any atom is -0.352 e. The average Bonchev–Trinajstić information content (AvgIpc) is 3.22. The van der Waals surface area contributed by atoms with Gasteiger partial charge in [0.05, 0.1) is 0 Å². The minimum absolute atomic E-state index is 0.0169. The second-order valence-electron chi connectivity index (χ2n) is 7.26. The lowest BCUT2D eigenvalue weighted by Crippen LogP contribution is -2.36. The SMILES string of the molecule is CCC(C)N(CCC(=O)NCc1ccccc1)c1nc(Cc2ccc(F)cc2)ns1. The van der Waals surface area contributed by atoms with E-state index in [1.165, 1.54) is 23.7 Å². The van der Waals surface area contributed by atoms with E-state index in [1.807, 2.05) is 30.3 Å². The minimum atomic E-state index is -0.251. The third kappa shape index (κ3) is 6.35. The molecule has 1 heterocycles. The number of hydrogen-bond acceptors (Lipinski definition) is 5. The van der Waals surface area contributed by atoms with Crippen molar-refractivity contribution in [2.45, 2.75) is 45.7 Å². The van der Waals surface area contributed by atoms with E-state index in [4.69, 9.17) is 0 Å². The first-order chi connectivity index (χ1) is 14.5. The van der Waals surface area contributed by atoms with Crippen LogP contribution >= 0.6 is 11.5 Å². The van der Waals surface area contributed by atoms with Gasteiger partial charge in [-0.15, -0.1) is 0 Å². The molecule has 0 radical (unpaired) electrons. The van der Waals surface area contributed by atoms with Crippen LogP contribution in [0.2, 0.25) is 0 Å². The Morgan fingerprint density at radius 2 is 1.87 bits per heavy atom. The monoisotopic (exact) mass is 426 g/mol. The molecule has 1 N–H and O–H groups in total. The maximum absolute atomic E-state index is 13.1. The largest absolute Gasteiger partial charge is 0.352 e. The van der Waals surface area contributed by atoms with E-state index in [0.29, 0.717) is 31.8 Å². The topological polar surface area (TPSA) is 58.1 Å². The number of hydrogen-bond donors (Lipinski definition) is 1. The molecule has 1 aromatic heterocycles. The van der Waals surface area contributed by atoms with Gasteiger partial charge in [-0.25, -0.2) is 9.37 Å². The zero-order valence-electron chi connectivity index (χ0n) is 17.3. The van der Waals surface area contributed by atoms with Gasteiger partial charge in [-0.2, -0.15) is 4.37 Å². The zero-order chi connectivity index (χ0) is 21.3. The highest BCUT2D eigenvalue weighted by atomic mass is 32.1. The summed E-state index contributed by atoms with van der Waals surface area (Å²) in [5.41, 5.74) is 2.05. The molecule has 3 rings (SSSR count). The Hall–Kier alpha value is -2.80. The molecule has 30 heavy (non-hydrogen) atoms. The van der Waals surface area contributed by atoms with Crippen molar-refractivity contribution in [2.75, 3.05) is 11.4 Å². The predicted molar refractivity (Wildman–Crippen MR) is 119 cm³/mol. The zero-order valence-corrected chi connectivity index (χ0v) is 18.2. The molecule has 1 unspecified atom stereocenters. The molecule has 5 nitrogen and oxygen atoms in total. The first-order valence-corrected chi connectivity index (χ1v) is 11.0. The summed E-state index contributed by atoms with van der Waals surface area (Å²) in [6, 6.07) is 16.5. The molecule has 0 aliphatic carbocycles.